The maximum absolute atomic E-state index is 6.41. The third-order valence-electron chi connectivity index (χ3n) is 5.08. The number of nitrogens with two attached hydrogens (primary N) is 1. The molecule has 2 aliphatic rings. The second kappa shape index (κ2) is 4.82. The Bertz CT molecular complexity index is 460. The van der Waals surface area contributed by atoms with Crippen LogP contribution in [0.3, 0.4) is 0 Å². The Morgan fingerprint density at radius 1 is 1.32 bits per heavy atom. The van der Waals surface area contributed by atoms with Crippen molar-refractivity contribution in [1.29, 1.82) is 0 Å². The molecule has 2 nitrogen and oxygen atoms in total. The predicted octanol–water partition coefficient (Wildman–Crippen LogP) is 4.12. The highest BCUT2D eigenvalue weighted by Crippen LogP contribution is 2.46. The Labute approximate surface area is 116 Å². The number of hydrogen-bond acceptors (Lipinski definition) is 2. The summed E-state index contributed by atoms with van der Waals surface area (Å²) in [5, 5.41) is 0. The van der Waals surface area contributed by atoms with Crippen LogP contribution in [0.4, 0.5) is 0 Å². The van der Waals surface area contributed by atoms with Crippen molar-refractivity contribution in [2.45, 2.75) is 64.0 Å². The van der Waals surface area contributed by atoms with E-state index in [0.29, 0.717) is 0 Å². The molecule has 0 amide bonds. The van der Waals surface area contributed by atoms with Gasteiger partial charge in [-0.1, -0.05) is 31.0 Å². The molecule has 0 unspecified atom stereocenters. The quantitative estimate of drug-likeness (QED) is 0.823. The lowest BCUT2D eigenvalue weighted by Gasteiger charge is -2.45. The molecular weight excluding hydrogens is 234 g/mol. The second-order valence-electron chi connectivity index (χ2n) is 6.49. The third-order valence-corrected chi connectivity index (χ3v) is 5.08. The van der Waals surface area contributed by atoms with E-state index in [9.17, 15) is 0 Å². The SMILES string of the molecule is CCC1CCC2(CC1)C[C@H](N)c1cc(C)ccc1O2. The van der Waals surface area contributed by atoms with Gasteiger partial charge < -0.3 is 10.5 Å². The summed E-state index contributed by atoms with van der Waals surface area (Å²) in [4.78, 5) is 0. The summed E-state index contributed by atoms with van der Waals surface area (Å²) in [5.41, 5.74) is 8.89. The van der Waals surface area contributed by atoms with E-state index in [2.05, 4.69) is 32.0 Å². The number of benzene rings is 1. The predicted molar refractivity (Wildman–Crippen MR) is 78.3 cm³/mol. The van der Waals surface area contributed by atoms with Crippen molar-refractivity contribution in [2.24, 2.45) is 11.7 Å². The van der Waals surface area contributed by atoms with Gasteiger partial charge in [0.15, 0.2) is 0 Å². The van der Waals surface area contributed by atoms with E-state index in [1.807, 2.05) is 0 Å². The summed E-state index contributed by atoms with van der Waals surface area (Å²) in [5.74, 6) is 1.92. The summed E-state index contributed by atoms with van der Waals surface area (Å²) >= 11 is 0. The van der Waals surface area contributed by atoms with Crippen LogP contribution in [0, 0.1) is 12.8 Å². The minimum Gasteiger partial charge on any atom is -0.487 e. The van der Waals surface area contributed by atoms with E-state index in [-0.39, 0.29) is 11.6 Å². The highest BCUT2D eigenvalue weighted by Gasteiger charge is 2.42. The van der Waals surface area contributed by atoms with Crippen LogP contribution < -0.4 is 10.5 Å². The van der Waals surface area contributed by atoms with Crippen LogP contribution in [0.25, 0.3) is 0 Å². The van der Waals surface area contributed by atoms with Gasteiger partial charge in [-0.3, -0.25) is 0 Å². The van der Waals surface area contributed by atoms with Crippen molar-refractivity contribution < 1.29 is 4.74 Å². The molecule has 2 heteroatoms. The molecule has 2 N–H and O–H groups in total. The zero-order valence-electron chi connectivity index (χ0n) is 12.1. The Balaban J connectivity index is 1.83. The molecule has 19 heavy (non-hydrogen) atoms. The normalized spacial score (nSPS) is 33.8. The summed E-state index contributed by atoms with van der Waals surface area (Å²) in [6.07, 6.45) is 7.23. The Hall–Kier alpha value is -1.02. The van der Waals surface area contributed by atoms with Crippen LogP contribution in [0.15, 0.2) is 18.2 Å². The van der Waals surface area contributed by atoms with Gasteiger partial charge in [0.05, 0.1) is 0 Å². The zero-order chi connectivity index (χ0) is 13.5. The van der Waals surface area contributed by atoms with Crippen molar-refractivity contribution in [3.8, 4) is 5.75 Å². The number of fused-ring (bicyclic) bond motifs is 1. The molecule has 1 saturated carbocycles. The van der Waals surface area contributed by atoms with Crippen LogP contribution in [0.1, 0.15) is 62.6 Å². The lowest BCUT2D eigenvalue weighted by atomic mass is 9.73. The molecule has 1 heterocycles. The smallest absolute Gasteiger partial charge is 0.124 e. The molecule has 3 rings (SSSR count). The van der Waals surface area contributed by atoms with Gasteiger partial charge in [0.1, 0.15) is 11.4 Å². The Kier molecular flexibility index (Phi) is 3.30. The zero-order valence-corrected chi connectivity index (χ0v) is 12.1. The molecule has 1 aromatic carbocycles. The topological polar surface area (TPSA) is 35.2 Å². The number of rotatable bonds is 1. The highest BCUT2D eigenvalue weighted by atomic mass is 16.5. The van der Waals surface area contributed by atoms with Crippen molar-refractivity contribution >= 4 is 0 Å². The molecule has 1 aromatic rings. The van der Waals surface area contributed by atoms with Crippen molar-refractivity contribution in [1.82, 2.24) is 0 Å². The van der Waals surface area contributed by atoms with Crippen LogP contribution >= 0.6 is 0 Å². The fraction of sp³-hybridized carbons (Fsp3) is 0.647. The van der Waals surface area contributed by atoms with Gasteiger partial charge in [-0.05, 0) is 44.6 Å². The van der Waals surface area contributed by atoms with E-state index < -0.39 is 0 Å². The van der Waals surface area contributed by atoms with Crippen LogP contribution in [-0.2, 0) is 0 Å². The van der Waals surface area contributed by atoms with Gasteiger partial charge in [-0.2, -0.15) is 0 Å². The lowest BCUT2D eigenvalue weighted by molar-refractivity contribution is -0.0109. The van der Waals surface area contributed by atoms with Crippen molar-refractivity contribution in [2.75, 3.05) is 0 Å². The van der Waals surface area contributed by atoms with Crippen LogP contribution in [0.5, 0.6) is 5.75 Å². The Morgan fingerprint density at radius 2 is 2.05 bits per heavy atom. The molecule has 0 aromatic heterocycles. The first-order valence-electron chi connectivity index (χ1n) is 7.67. The first-order valence-corrected chi connectivity index (χ1v) is 7.67. The molecule has 1 spiro atoms. The molecule has 1 aliphatic heterocycles. The van der Waals surface area contributed by atoms with Crippen molar-refractivity contribution in [3.63, 3.8) is 0 Å². The fourth-order valence-corrected chi connectivity index (χ4v) is 3.75. The van der Waals surface area contributed by atoms with Crippen molar-refractivity contribution in [3.05, 3.63) is 29.3 Å². The van der Waals surface area contributed by atoms with Crippen LogP contribution in [0.2, 0.25) is 0 Å². The Morgan fingerprint density at radius 3 is 2.74 bits per heavy atom. The summed E-state index contributed by atoms with van der Waals surface area (Å²) in [7, 11) is 0. The van der Waals surface area contributed by atoms with Crippen LogP contribution in [-0.4, -0.2) is 5.60 Å². The minimum absolute atomic E-state index is 0.0212. The van der Waals surface area contributed by atoms with E-state index in [1.165, 1.54) is 43.2 Å². The van der Waals surface area contributed by atoms with Gasteiger partial charge in [0.2, 0.25) is 0 Å². The first kappa shape index (κ1) is 13.0. The largest absolute Gasteiger partial charge is 0.487 e. The summed E-state index contributed by atoms with van der Waals surface area (Å²) in [6.45, 7) is 4.41. The number of aryl methyl sites for hydroxylation is 1. The maximum atomic E-state index is 6.41. The molecule has 1 fully saturated rings. The van der Waals surface area contributed by atoms with Gasteiger partial charge >= 0.3 is 0 Å². The molecule has 1 aliphatic carbocycles. The molecule has 104 valence electrons. The standard InChI is InChI=1S/C17H25NO/c1-3-13-6-8-17(9-7-13)11-15(18)14-10-12(2)4-5-16(14)19-17/h4-5,10,13,15H,3,6-9,11,18H2,1-2H3/t13?,15-,17?/m0/s1. The van der Waals surface area contributed by atoms with Gasteiger partial charge in [0.25, 0.3) is 0 Å². The monoisotopic (exact) mass is 259 g/mol. The van der Waals surface area contributed by atoms with E-state index in [0.717, 1.165) is 18.1 Å². The molecule has 1 atom stereocenters. The molecule has 0 bridgehead atoms. The third kappa shape index (κ3) is 2.38. The average Bonchev–Trinajstić information content (AvgIpc) is 2.41. The second-order valence-corrected chi connectivity index (χ2v) is 6.49. The molecular formula is C17H25NO. The number of hydrogen-bond donors (Lipinski definition) is 1. The average molecular weight is 259 g/mol. The fourth-order valence-electron chi connectivity index (χ4n) is 3.75. The van der Waals surface area contributed by atoms with E-state index in [4.69, 9.17) is 10.5 Å². The lowest BCUT2D eigenvalue weighted by Crippen LogP contribution is -2.45. The highest BCUT2D eigenvalue weighted by molar-refractivity contribution is 5.41. The first-order chi connectivity index (χ1) is 9.12. The summed E-state index contributed by atoms with van der Waals surface area (Å²) < 4.78 is 6.40. The summed E-state index contributed by atoms with van der Waals surface area (Å²) in [6, 6.07) is 6.56. The minimum atomic E-state index is 0.0212. The van der Waals surface area contributed by atoms with Gasteiger partial charge in [-0.15, -0.1) is 0 Å². The maximum Gasteiger partial charge on any atom is 0.124 e. The molecule has 0 radical (unpaired) electrons. The van der Waals surface area contributed by atoms with Gasteiger partial charge in [-0.25, -0.2) is 0 Å². The molecule has 0 saturated heterocycles. The number of ether oxygens (including phenoxy) is 1. The van der Waals surface area contributed by atoms with E-state index >= 15 is 0 Å². The van der Waals surface area contributed by atoms with Gasteiger partial charge in [0, 0.05) is 18.0 Å². The van der Waals surface area contributed by atoms with E-state index in [1.54, 1.807) is 0 Å².